The third-order valence-corrected chi connectivity index (χ3v) is 4.88. The molecule has 1 unspecified atom stereocenters. The van der Waals surface area contributed by atoms with Crippen LogP contribution in [0.4, 0.5) is 5.69 Å². The fourth-order valence-corrected chi connectivity index (χ4v) is 3.46. The van der Waals surface area contributed by atoms with Crippen LogP contribution in [0.1, 0.15) is 40.0 Å². The van der Waals surface area contributed by atoms with Gasteiger partial charge in [-0.25, -0.2) is 0 Å². The molecule has 1 atom stereocenters. The lowest BCUT2D eigenvalue weighted by Crippen LogP contribution is -2.54. The number of nitrogens with one attached hydrogen (secondary N) is 2. The highest BCUT2D eigenvalue weighted by atomic mass is 16.5. The van der Waals surface area contributed by atoms with Crippen molar-refractivity contribution in [3.63, 3.8) is 0 Å². The summed E-state index contributed by atoms with van der Waals surface area (Å²) >= 11 is 0. The van der Waals surface area contributed by atoms with Crippen LogP contribution in [-0.2, 0) is 19.1 Å². The topological polar surface area (TPSA) is 140 Å². The molecule has 4 amide bonds. The molecule has 3 rings (SSSR count). The second-order valence-electron chi connectivity index (χ2n) is 6.97. The number of nitrogens with two attached hydrogens (primary N) is 1. The minimum absolute atomic E-state index is 0.0895. The molecule has 162 valence electrons. The summed E-state index contributed by atoms with van der Waals surface area (Å²) in [7, 11) is 0. The lowest BCUT2D eigenvalue weighted by molar-refractivity contribution is -0.136. The van der Waals surface area contributed by atoms with E-state index in [9.17, 15) is 19.2 Å². The lowest BCUT2D eigenvalue weighted by atomic mass is 10.0. The Labute approximate surface area is 174 Å². The largest absolute Gasteiger partial charge is 0.384 e. The predicted octanol–water partition coefficient (Wildman–Crippen LogP) is -0.118. The van der Waals surface area contributed by atoms with Crippen LogP contribution in [0.15, 0.2) is 18.2 Å². The third-order valence-electron chi connectivity index (χ3n) is 4.88. The summed E-state index contributed by atoms with van der Waals surface area (Å²) in [5.41, 5.74) is 6.37. The Morgan fingerprint density at radius 2 is 1.83 bits per heavy atom. The smallest absolute Gasteiger partial charge is 0.264 e. The Hall–Kier alpha value is -2.82. The fraction of sp³-hybridized carbons (Fsp3) is 0.500. The van der Waals surface area contributed by atoms with E-state index in [2.05, 4.69) is 10.6 Å². The van der Waals surface area contributed by atoms with Crippen LogP contribution < -0.4 is 16.4 Å². The number of amides is 4. The zero-order chi connectivity index (χ0) is 21.5. The van der Waals surface area contributed by atoms with Gasteiger partial charge in [0.1, 0.15) is 6.04 Å². The molecule has 2 aliphatic rings. The van der Waals surface area contributed by atoms with Gasteiger partial charge in [0.15, 0.2) is 0 Å². The SMILES string of the molecule is NCCOCCOCCCNc1cccc2c1C(=O)N(C1CCC(=O)NC1=O)C2=O. The molecule has 1 aromatic carbocycles. The Morgan fingerprint density at radius 3 is 2.57 bits per heavy atom. The Morgan fingerprint density at radius 1 is 1.07 bits per heavy atom. The van der Waals surface area contributed by atoms with Crippen LogP contribution in [-0.4, -0.2) is 74.1 Å². The summed E-state index contributed by atoms with van der Waals surface area (Å²) < 4.78 is 10.7. The molecule has 1 fully saturated rings. The first kappa shape index (κ1) is 21.9. The van der Waals surface area contributed by atoms with Gasteiger partial charge in [0.2, 0.25) is 11.8 Å². The highest BCUT2D eigenvalue weighted by Crippen LogP contribution is 2.32. The van der Waals surface area contributed by atoms with Crippen molar-refractivity contribution in [2.75, 3.05) is 44.8 Å². The number of benzene rings is 1. The van der Waals surface area contributed by atoms with Crippen molar-refractivity contribution in [1.82, 2.24) is 10.2 Å². The van der Waals surface area contributed by atoms with E-state index in [1.54, 1.807) is 18.2 Å². The molecule has 2 aliphatic heterocycles. The van der Waals surface area contributed by atoms with Crippen LogP contribution >= 0.6 is 0 Å². The number of carbonyl (C=O) groups is 4. The second kappa shape index (κ2) is 10.3. The summed E-state index contributed by atoms with van der Waals surface area (Å²) in [6.07, 6.45) is 0.914. The highest BCUT2D eigenvalue weighted by molar-refractivity contribution is 6.25. The molecule has 0 saturated carbocycles. The van der Waals surface area contributed by atoms with Crippen molar-refractivity contribution in [1.29, 1.82) is 0 Å². The van der Waals surface area contributed by atoms with Crippen LogP contribution in [0.5, 0.6) is 0 Å². The standard InChI is InChI=1S/C20H26N4O6/c21-7-10-30-12-11-29-9-2-8-22-14-4-1-3-13-17(14)20(28)24(19(13)27)15-5-6-16(25)23-18(15)26/h1,3-4,15,22H,2,5-12,21H2,(H,23,25,26). The van der Waals surface area contributed by atoms with Gasteiger partial charge in [0.05, 0.1) is 30.9 Å². The summed E-state index contributed by atoms with van der Waals surface area (Å²) in [5, 5.41) is 5.36. The molecule has 30 heavy (non-hydrogen) atoms. The highest BCUT2D eigenvalue weighted by Gasteiger charge is 2.45. The maximum Gasteiger partial charge on any atom is 0.264 e. The van der Waals surface area contributed by atoms with Crippen LogP contribution in [0, 0.1) is 0 Å². The van der Waals surface area contributed by atoms with Gasteiger partial charge in [-0.1, -0.05) is 6.07 Å². The van der Waals surface area contributed by atoms with Crippen molar-refractivity contribution in [2.24, 2.45) is 5.73 Å². The number of imide groups is 2. The average molecular weight is 418 g/mol. The molecule has 1 saturated heterocycles. The van der Waals surface area contributed by atoms with E-state index in [4.69, 9.17) is 15.2 Å². The van der Waals surface area contributed by atoms with E-state index in [0.717, 1.165) is 4.90 Å². The lowest BCUT2D eigenvalue weighted by Gasteiger charge is -2.27. The number of anilines is 1. The Kier molecular flexibility index (Phi) is 7.50. The van der Waals surface area contributed by atoms with Crippen LogP contribution in [0.2, 0.25) is 0 Å². The fourth-order valence-electron chi connectivity index (χ4n) is 3.46. The van der Waals surface area contributed by atoms with Crippen molar-refractivity contribution >= 4 is 29.3 Å². The van der Waals surface area contributed by atoms with E-state index in [1.165, 1.54) is 0 Å². The maximum absolute atomic E-state index is 13.0. The number of hydrogen-bond donors (Lipinski definition) is 3. The van der Waals surface area contributed by atoms with E-state index < -0.39 is 29.7 Å². The van der Waals surface area contributed by atoms with Crippen molar-refractivity contribution in [3.05, 3.63) is 29.3 Å². The van der Waals surface area contributed by atoms with Gasteiger partial charge in [-0.3, -0.25) is 29.4 Å². The first-order valence-electron chi connectivity index (χ1n) is 9.98. The second-order valence-corrected chi connectivity index (χ2v) is 6.97. The Balaban J connectivity index is 1.56. The zero-order valence-corrected chi connectivity index (χ0v) is 16.6. The third kappa shape index (κ3) is 4.84. The molecule has 0 radical (unpaired) electrons. The number of piperidine rings is 1. The molecule has 2 heterocycles. The van der Waals surface area contributed by atoms with E-state index >= 15 is 0 Å². The van der Waals surface area contributed by atoms with E-state index in [1.807, 2.05) is 0 Å². The first-order chi connectivity index (χ1) is 14.5. The van der Waals surface area contributed by atoms with Gasteiger partial charge < -0.3 is 20.5 Å². The van der Waals surface area contributed by atoms with Crippen LogP contribution in [0.25, 0.3) is 0 Å². The van der Waals surface area contributed by atoms with Crippen LogP contribution in [0.3, 0.4) is 0 Å². The summed E-state index contributed by atoms with van der Waals surface area (Å²) in [5.74, 6) is -2.07. The molecular weight excluding hydrogens is 392 g/mol. The molecule has 1 aromatic rings. The van der Waals surface area contributed by atoms with Gasteiger partial charge in [-0.15, -0.1) is 0 Å². The molecule has 0 aliphatic carbocycles. The Bertz CT molecular complexity index is 828. The monoisotopic (exact) mass is 418 g/mol. The summed E-state index contributed by atoms with van der Waals surface area (Å²) in [6, 6.07) is 4.00. The molecule has 10 nitrogen and oxygen atoms in total. The molecule has 10 heteroatoms. The number of rotatable bonds is 11. The van der Waals surface area contributed by atoms with Gasteiger partial charge in [-0.05, 0) is 25.0 Å². The minimum atomic E-state index is -0.974. The number of ether oxygens (including phenoxy) is 2. The molecule has 0 spiro atoms. The van der Waals surface area contributed by atoms with Gasteiger partial charge in [0.25, 0.3) is 11.8 Å². The number of nitrogens with zero attached hydrogens (tertiary/aromatic N) is 1. The van der Waals surface area contributed by atoms with E-state index in [-0.39, 0.29) is 24.0 Å². The molecule has 4 N–H and O–H groups in total. The number of carbonyl (C=O) groups excluding carboxylic acids is 4. The van der Waals surface area contributed by atoms with Gasteiger partial charge in [-0.2, -0.15) is 0 Å². The summed E-state index contributed by atoms with van der Waals surface area (Å²) in [6.45, 7) is 3.02. The van der Waals surface area contributed by atoms with Crippen molar-refractivity contribution in [3.8, 4) is 0 Å². The zero-order valence-electron chi connectivity index (χ0n) is 16.6. The first-order valence-corrected chi connectivity index (χ1v) is 9.98. The maximum atomic E-state index is 13.0. The average Bonchev–Trinajstić information content (AvgIpc) is 2.98. The quantitative estimate of drug-likeness (QED) is 0.334. The molecular formula is C20H26N4O6. The number of hydrogen-bond acceptors (Lipinski definition) is 8. The van der Waals surface area contributed by atoms with Crippen molar-refractivity contribution < 1.29 is 28.7 Å². The van der Waals surface area contributed by atoms with Gasteiger partial charge >= 0.3 is 0 Å². The predicted molar refractivity (Wildman–Crippen MR) is 107 cm³/mol. The summed E-state index contributed by atoms with van der Waals surface area (Å²) in [4.78, 5) is 50.2. The number of fused-ring (bicyclic) bond motifs is 1. The normalized spacial score (nSPS) is 18.6. The van der Waals surface area contributed by atoms with Crippen molar-refractivity contribution in [2.45, 2.75) is 25.3 Å². The molecule has 0 bridgehead atoms. The van der Waals surface area contributed by atoms with E-state index in [0.29, 0.717) is 51.6 Å². The van der Waals surface area contributed by atoms with Gasteiger partial charge in [0, 0.05) is 31.8 Å². The minimum Gasteiger partial charge on any atom is -0.384 e. The molecule has 0 aromatic heterocycles.